The molecule has 0 saturated heterocycles. The van der Waals surface area contributed by atoms with Gasteiger partial charge in [-0.15, -0.1) is 24.9 Å². The number of nitrogens with one attached hydrogen (secondary N) is 1. The third-order valence-electron chi connectivity index (χ3n) is 2.66. The zero-order valence-corrected chi connectivity index (χ0v) is 13.9. The number of carbonyl (C=O) groups excluding carboxylic acids is 2. The topological polar surface area (TPSA) is 64.6 Å². The van der Waals surface area contributed by atoms with Crippen LogP contribution in [-0.2, 0) is 19.1 Å². The predicted molar refractivity (Wildman–Crippen MR) is 92.6 cm³/mol. The SMILES string of the molecule is C=CCOC(C)C(=O)OCC(=O)Nc1ccccc1SCC=C. The van der Waals surface area contributed by atoms with Gasteiger partial charge in [-0.25, -0.2) is 4.79 Å². The van der Waals surface area contributed by atoms with Gasteiger partial charge in [-0.2, -0.15) is 0 Å². The van der Waals surface area contributed by atoms with E-state index in [2.05, 4.69) is 18.5 Å². The number of benzene rings is 1. The van der Waals surface area contributed by atoms with Crippen molar-refractivity contribution in [3.63, 3.8) is 0 Å². The number of ether oxygens (including phenoxy) is 2. The summed E-state index contributed by atoms with van der Waals surface area (Å²) in [6, 6.07) is 7.41. The molecule has 5 nitrogen and oxygen atoms in total. The van der Waals surface area contributed by atoms with Crippen LogP contribution >= 0.6 is 11.8 Å². The van der Waals surface area contributed by atoms with Crippen LogP contribution in [0.1, 0.15) is 6.92 Å². The fraction of sp³-hybridized carbons (Fsp3) is 0.294. The van der Waals surface area contributed by atoms with Crippen molar-refractivity contribution in [3.05, 3.63) is 49.6 Å². The molecule has 23 heavy (non-hydrogen) atoms. The van der Waals surface area contributed by atoms with Gasteiger partial charge in [0.15, 0.2) is 12.7 Å². The molecule has 1 amide bonds. The number of para-hydroxylation sites is 1. The summed E-state index contributed by atoms with van der Waals surface area (Å²) in [6.07, 6.45) is 2.58. The molecule has 1 aromatic rings. The summed E-state index contributed by atoms with van der Waals surface area (Å²) in [5.74, 6) is -0.253. The number of hydrogen-bond acceptors (Lipinski definition) is 5. The number of hydrogen-bond donors (Lipinski definition) is 1. The van der Waals surface area contributed by atoms with E-state index in [4.69, 9.17) is 9.47 Å². The quantitative estimate of drug-likeness (QED) is 0.404. The Morgan fingerprint density at radius 1 is 1.30 bits per heavy atom. The van der Waals surface area contributed by atoms with E-state index in [1.807, 2.05) is 18.2 Å². The minimum atomic E-state index is -0.740. The lowest BCUT2D eigenvalue weighted by Crippen LogP contribution is -2.28. The van der Waals surface area contributed by atoms with Crippen LogP contribution in [0.5, 0.6) is 0 Å². The Bertz CT molecular complexity index is 559. The number of rotatable bonds is 10. The molecule has 0 saturated carbocycles. The Morgan fingerprint density at radius 3 is 2.74 bits per heavy atom. The Kier molecular flexibility index (Phi) is 8.79. The van der Waals surface area contributed by atoms with Crippen LogP contribution in [0, 0.1) is 0 Å². The third kappa shape index (κ3) is 7.17. The molecule has 0 heterocycles. The van der Waals surface area contributed by atoms with Crippen LogP contribution in [-0.4, -0.2) is 36.9 Å². The number of carbonyl (C=O) groups is 2. The third-order valence-corrected chi connectivity index (χ3v) is 3.73. The Hall–Kier alpha value is -2.05. The Labute approximate surface area is 140 Å². The fourth-order valence-corrected chi connectivity index (χ4v) is 2.31. The van der Waals surface area contributed by atoms with Crippen molar-refractivity contribution in [2.24, 2.45) is 0 Å². The van der Waals surface area contributed by atoms with E-state index in [0.29, 0.717) is 5.69 Å². The second-order valence-corrected chi connectivity index (χ2v) is 5.58. The highest BCUT2D eigenvalue weighted by Crippen LogP contribution is 2.26. The highest BCUT2D eigenvalue weighted by Gasteiger charge is 2.16. The number of amides is 1. The molecule has 0 aliphatic rings. The average Bonchev–Trinajstić information content (AvgIpc) is 2.56. The highest BCUT2D eigenvalue weighted by atomic mass is 32.2. The fourth-order valence-electron chi connectivity index (χ4n) is 1.57. The molecule has 0 aliphatic heterocycles. The molecule has 0 spiro atoms. The first-order valence-electron chi connectivity index (χ1n) is 7.10. The molecular weight excluding hydrogens is 314 g/mol. The monoisotopic (exact) mass is 335 g/mol. The first-order valence-corrected chi connectivity index (χ1v) is 8.08. The standard InChI is InChI=1S/C17H21NO4S/c1-4-10-21-13(3)17(20)22-12-16(19)18-14-8-6-7-9-15(14)23-11-5-2/h4-9,13H,1-2,10-12H2,3H3,(H,18,19). The number of thioether (sulfide) groups is 1. The van der Waals surface area contributed by atoms with Gasteiger partial charge in [0.1, 0.15) is 0 Å². The van der Waals surface area contributed by atoms with Crippen LogP contribution in [0.25, 0.3) is 0 Å². The van der Waals surface area contributed by atoms with Gasteiger partial charge in [-0.3, -0.25) is 4.79 Å². The molecular formula is C17H21NO4S. The molecule has 1 atom stereocenters. The van der Waals surface area contributed by atoms with Crippen molar-refractivity contribution in [2.45, 2.75) is 17.9 Å². The normalized spacial score (nSPS) is 11.3. The smallest absolute Gasteiger partial charge is 0.335 e. The van der Waals surface area contributed by atoms with Gasteiger partial charge in [0.05, 0.1) is 12.3 Å². The first-order chi connectivity index (χ1) is 11.1. The van der Waals surface area contributed by atoms with E-state index in [1.54, 1.807) is 30.8 Å². The van der Waals surface area contributed by atoms with Gasteiger partial charge < -0.3 is 14.8 Å². The van der Waals surface area contributed by atoms with Crippen LogP contribution < -0.4 is 5.32 Å². The molecule has 1 rings (SSSR count). The molecule has 0 aromatic heterocycles. The maximum absolute atomic E-state index is 11.9. The molecule has 0 aliphatic carbocycles. The molecule has 0 radical (unpaired) electrons. The minimum Gasteiger partial charge on any atom is -0.454 e. The maximum Gasteiger partial charge on any atom is 0.335 e. The summed E-state index contributed by atoms with van der Waals surface area (Å²) in [7, 11) is 0. The van der Waals surface area contributed by atoms with Gasteiger partial charge in [0.2, 0.25) is 0 Å². The van der Waals surface area contributed by atoms with Crippen molar-refractivity contribution in [1.82, 2.24) is 0 Å². The van der Waals surface area contributed by atoms with E-state index < -0.39 is 18.0 Å². The van der Waals surface area contributed by atoms with Gasteiger partial charge in [0, 0.05) is 10.6 Å². The molecule has 1 unspecified atom stereocenters. The van der Waals surface area contributed by atoms with Gasteiger partial charge in [0.25, 0.3) is 5.91 Å². The lowest BCUT2D eigenvalue weighted by Gasteiger charge is -2.12. The zero-order valence-electron chi connectivity index (χ0n) is 13.1. The molecule has 0 fully saturated rings. The number of anilines is 1. The average molecular weight is 335 g/mol. The molecule has 0 bridgehead atoms. The second-order valence-electron chi connectivity index (χ2n) is 4.52. The summed E-state index contributed by atoms with van der Waals surface area (Å²) < 4.78 is 10.1. The van der Waals surface area contributed by atoms with E-state index in [9.17, 15) is 9.59 Å². The van der Waals surface area contributed by atoms with Gasteiger partial charge in [-0.1, -0.05) is 24.3 Å². The Morgan fingerprint density at radius 2 is 2.04 bits per heavy atom. The van der Waals surface area contributed by atoms with Crippen molar-refractivity contribution in [3.8, 4) is 0 Å². The van der Waals surface area contributed by atoms with E-state index in [0.717, 1.165) is 10.6 Å². The van der Waals surface area contributed by atoms with Gasteiger partial charge in [-0.05, 0) is 19.1 Å². The molecule has 124 valence electrons. The van der Waals surface area contributed by atoms with Crippen molar-refractivity contribution in [2.75, 3.05) is 24.3 Å². The van der Waals surface area contributed by atoms with Crippen molar-refractivity contribution in [1.29, 1.82) is 0 Å². The van der Waals surface area contributed by atoms with Crippen LogP contribution in [0.15, 0.2) is 54.5 Å². The molecule has 6 heteroatoms. The molecule has 1 aromatic carbocycles. The Balaban J connectivity index is 2.49. The highest BCUT2D eigenvalue weighted by molar-refractivity contribution is 7.99. The van der Waals surface area contributed by atoms with E-state index in [-0.39, 0.29) is 13.2 Å². The largest absolute Gasteiger partial charge is 0.454 e. The van der Waals surface area contributed by atoms with Crippen molar-refractivity contribution >= 4 is 29.3 Å². The molecule has 1 N–H and O–H groups in total. The summed E-state index contributed by atoms with van der Waals surface area (Å²) >= 11 is 1.56. The minimum absolute atomic E-state index is 0.246. The van der Waals surface area contributed by atoms with Crippen LogP contribution in [0.2, 0.25) is 0 Å². The van der Waals surface area contributed by atoms with Crippen LogP contribution in [0.4, 0.5) is 5.69 Å². The summed E-state index contributed by atoms with van der Waals surface area (Å²) in [5, 5.41) is 2.73. The van der Waals surface area contributed by atoms with E-state index >= 15 is 0 Å². The maximum atomic E-state index is 11.9. The summed E-state index contributed by atoms with van der Waals surface area (Å²) in [6.45, 7) is 8.61. The summed E-state index contributed by atoms with van der Waals surface area (Å²) in [5.41, 5.74) is 0.677. The van der Waals surface area contributed by atoms with Crippen molar-refractivity contribution < 1.29 is 19.1 Å². The first kappa shape index (κ1) is 19.0. The lowest BCUT2D eigenvalue weighted by molar-refractivity contribution is -0.157. The van der Waals surface area contributed by atoms with Crippen LogP contribution in [0.3, 0.4) is 0 Å². The summed E-state index contributed by atoms with van der Waals surface area (Å²) in [4.78, 5) is 24.5. The van der Waals surface area contributed by atoms with E-state index in [1.165, 1.54) is 6.08 Å². The van der Waals surface area contributed by atoms with Gasteiger partial charge >= 0.3 is 5.97 Å². The zero-order chi connectivity index (χ0) is 17.1. The lowest BCUT2D eigenvalue weighted by atomic mass is 10.3. The predicted octanol–water partition coefficient (Wildman–Crippen LogP) is 3.04. The second kappa shape index (κ2) is 10.6. The number of esters is 1.